The standard InChI is InChI=1S/C20H26N2O2/c23-19-13-18(16-8-1-2-9-17(16)19)20(24)22-12-4-3-7-15(22)14-21-10-5-6-11-21/h1-2,8-9,15,18H,3-7,10-14H2. The molecule has 2 atom stereocenters. The Morgan fingerprint density at radius 3 is 2.62 bits per heavy atom. The van der Waals surface area contributed by atoms with Crippen molar-refractivity contribution in [2.24, 2.45) is 0 Å². The molecule has 0 bridgehead atoms. The van der Waals surface area contributed by atoms with Gasteiger partial charge < -0.3 is 9.80 Å². The first kappa shape index (κ1) is 15.8. The summed E-state index contributed by atoms with van der Waals surface area (Å²) in [6, 6.07) is 7.98. The van der Waals surface area contributed by atoms with Gasteiger partial charge in [0.25, 0.3) is 0 Å². The maximum Gasteiger partial charge on any atom is 0.230 e. The number of amides is 1. The number of Topliss-reactive ketones (excluding diaryl/α,β-unsaturated/α-hetero) is 1. The zero-order valence-corrected chi connectivity index (χ0v) is 14.2. The second-order valence-corrected chi connectivity index (χ2v) is 7.46. The molecule has 0 N–H and O–H groups in total. The zero-order chi connectivity index (χ0) is 16.5. The summed E-state index contributed by atoms with van der Waals surface area (Å²) in [5.74, 6) is 0.0436. The average molecular weight is 326 g/mol. The maximum absolute atomic E-state index is 13.2. The molecular weight excluding hydrogens is 300 g/mol. The lowest BCUT2D eigenvalue weighted by Crippen LogP contribution is -2.50. The molecule has 4 rings (SSSR count). The molecular formula is C20H26N2O2. The van der Waals surface area contributed by atoms with Crippen LogP contribution in [0.2, 0.25) is 0 Å². The van der Waals surface area contributed by atoms with Gasteiger partial charge in [-0.05, 0) is 50.8 Å². The Kier molecular flexibility index (Phi) is 4.40. The molecule has 1 aromatic carbocycles. The lowest BCUT2D eigenvalue weighted by atomic mass is 9.95. The fraction of sp³-hybridized carbons (Fsp3) is 0.600. The Bertz CT molecular complexity index is 636. The third kappa shape index (κ3) is 2.88. The molecule has 24 heavy (non-hydrogen) atoms. The van der Waals surface area contributed by atoms with Crippen LogP contribution in [0.15, 0.2) is 24.3 Å². The highest BCUT2D eigenvalue weighted by molar-refractivity contribution is 6.06. The molecule has 2 fully saturated rings. The van der Waals surface area contributed by atoms with Gasteiger partial charge in [0.05, 0.1) is 5.92 Å². The van der Waals surface area contributed by atoms with Crippen LogP contribution in [0.4, 0.5) is 0 Å². The van der Waals surface area contributed by atoms with E-state index in [1.165, 1.54) is 32.4 Å². The number of benzene rings is 1. The molecule has 0 spiro atoms. The minimum Gasteiger partial charge on any atom is -0.338 e. The highest BCUT2D eigenvalue weighted by atomic mass is 16.2. The van der Waals surface area contributed by atoms with Crippen molar-refractivity contribution in [3.8, 4) is 0 Å². The number of likely N-dealkylation sites (tertiary alicyclic amines) is 2. The number of piperidine rings is 1. The van der Waals surface area contributed by atoms with Crippen LogP contribution in [-0.4, -0.2) is 53.7 Å². The van der Waals surface area contributed by atoms with Crippen molar-refractivity contribution in [3.63, 3.8) is 0 Å². The van der Waals surface area contributed by atoms with E-state index in [2.05, 4.69) is 9.80 Å². The van der Waals surface area contributed by atoms with Crippen LogP contribution in [0, 0.1) is 0 Å². The fourth-order valence-corrected chi connectivity index (χ4v) is 4.62. The van der Waals surface area contributed by atoms with Crippen LogP contribution in [0.3, 0.4) is 0 Å². The summed E-state index contributed by atoms with van der Waals surface area (Å²) in [6.07, 6.45) is 6.32. The van der Waals surface area contributed by atoms with Crippen molar-refractivity contribution in [3.05, 3.63) is 35.4 Å². The summed E-state index contributed by atoms with van der Waals surface area (Å²) in [5.41, 5.74) is 1.70. The van der Waals surface area contributed by atoms with Gasteiger partial charge in [-0.3, -0.25) is 9.59 Å². The summed E-state index contributed by atoms with van der Waals surface area (Å²) in [5, 5.41) is 0. The van der Waals surface area contributed by atoms with E-state index < -0.39 is 0 Å². The molecule has 1 aromatic rings. The average Bonchev–Trinajstić information content (AvgIpc) is 3.23. The molecule has 2 aliphatic heterocycles. The molecule has 0 radical (unpaired) electrons. The lowest BCUT2D eigenvalue weighted by molar-refractivity contribution is -0.136. The molecule has 4 heteroatoms. The number of hydrogen-bond donors (Lipinski definition) is 0. The lowest BCUT2D eigenvalue weighted by Gasteiger charge is -2.39. The molecule has 0 saturated carbocycles. The summed E-state index contributed by atoms with van der Waals surface area (Å²) >= 11 is 0. The van der Waals surface area contributed by atoms with Gasteiger partial charge in [-0.1, -0.05) is 24.3 Å². The van der Waals surface area contributed by atoms with Gasteiger partial charge in [-0.15, -0.1) is 0 Å². The van der Waals surface area contributed by atoms with Crippen LogP contribution in [-0.2, 0) is 4.79 Å². The second kappa shape index (κ2) is 6.67. The monoisotopic (exact) mass is 326 g/mol. The first-order valence-corrected chi connectivity index (χ1v) is 9.39. The third-order valence-electron chi connectivity index (χ3n) is 5.90. The number of carbonyl (C=O) groups excluding carboxylic acids is 2. The van der Waals surface area contributed by atoms with Gasteiger partial charge in [0, 0.05) is 31.1 Å². The Labute approximate surface area is 143 Å². The predicted octanol–water partition coefficient (Wildman–Crippen LogP) is 2.83. The molecule has 4 nitrogen and oxygen atoms in total. The van der Waals surface area contributed by atoms with E-state index in [-0.39, 0.29) is 17.6 Å². The van der Waals surface area contributed by atoms with E-state index in [1.807, 2.05) is 24.3 Å². The topological polar surface area (TPSA) is 40.6 Å². The Morgan fingerprint density at radius 1 is 1.04 bits per heavy atom. The van der Waals surface area contributed by atoms with Gasteiger partial charge in [-0.2, -0.15) is 0 Å². The minimum atomic E-state index is -0.257. The van der Waals surface area contributed by atoms with Crippen molar-refractivity contribution in [2.75, 3.05) is 26.2 Å². The second-order valence-electron chi connectivity index (χ2n) is 7.46. The van der Waals surface area contributed by atoms with Crippen molar-refractivity contribution in [2.45, 2.75) is 50.5 Å². The molecule has 128 valence electrons. The van der Waals surface area contributed by atoms with Crippen LogP contribution in [0.25, 0.3) is 0 Å². The Morgan fingerprint density at radius 2 is 1.79 bits per heavy atom. The van der Waals surface area contributed by atoms with Crippen LogP contribution in [0.1, 0.15) is 60.4 Å². The summed E-state index contributed by atoms with van der Waals surface area (Å²) in [4.78, 5) is 30.1. The van der Waals surface area contributed by atoms with Crippen LogP contribution in [0.5, 0.6) is 0 Å². The molecule has 0 aromatic heterocycles. The van der Waals surface area contributed by atoms with Gasteiger partial charge >= 0.3 is 0 Å². The number of nitrogens with zero attached hydrogens (tertiary/aromatic N) is 2. The van der Waals surface area contributed by atoms with Crippen molar-refractivity contribution < 1.29 is 9.59 Å². The Balaban J connectivity index is 1.52. The van der Waals surface area contributed by atoms with Crippen LogP contribution < -0.4 is 0 Å². The highest BCUT2D eigenvalue weighted by Crippen LogP contribution is 2.35. The largest absolute Gasteiger partial charge is 0.338 e. The number of fused-ring (bicyclic) bond motifs is 1. The maximum atomic E-state index is 13.2. The van der Waals surface area contributed by atoms with E-state index in [4.69, 9.17) is 0 Å². The first-order valence-electron chi connectivity index (χ1n) is 9.39. The predicted molar refractivity (Wildman–Crippen MR) is 93.2 cm³/mol. The number of rotatable bonds is 3. The molecule has 2 unspecified atom stereocenters. The molecule has 2 heterocycles. The number of hydrogen-bond acceptors (Lipinski definition) is 3. The van der Waals surface area contributed by atoms with Gasteiger partial charge in [0.15, 0.2) is 5.78 Å². The molecule has 2 saturated heterocycles. The summed E-state index contributed by atoms with van der Waals surface area (Å²) < 4.78 is 0. The van der Waals surface area contributed by atoms with Crippen molar-refractivity contribution >= 4 is 11.7 Å². The van der Waals surface area contributed by atoms with E-state index in [1.54, 1.807) is 0 Å². The van der Waals surface area contributed by atoms with Gasteiger partial charge in [0.1, 0.15) is 0 Å². The van der Waals surface area contributed by atoms with Crippen LogP contribution >= 0.6 is 0 Å². The summed E-state index contributed by atoms with van der Waals surface area (Å²) in [7, 11) is 0. The van der Waals surface area contributed by atoms with E-state index >= 15 is 0 Å². The van der Waals surface area contributed by atoms with Crippen molar-refractivity contribution in [1.82, 2.24) is 9.80 Å². The highest BCUT2D eigenvalue weighted by Gasteiger charge is 2.39. The minimum absolute atomic E-state index is 0.122. The van der Waals surface area contributed by atoms with E-state index in [0.29, 0.717) is 12.5 Å². The van der Waals surface area contributed by atoms with Gasteiger partial charge in [0.2, 0.25) is 5.91 Å². The zero-order valence-electron chi connectivity index (χ0n) is 14.2. The molecule has 1 aliphatic carbocycles. The van der Waals surface area contributed by atoms with E-state index in [9.17, 15) is 9.59 Å². The first-order chi connectivity index (χ1) is 11.7. The van der Waals surface area contributed by atoms with Crippen molar-refractivity contribution in [1.29, 1.82) is 0 Å². The molecule has 3 aliphatic rings. The summed E-state index contributed by atoms with van der Waals surface area (Å²) in [6.45, 7) is 4.20. The SMILES string of the molecule is O=C1CC(C(=O)N2CCCCC2CN2CCCC2)c2ccccc21. The smallest absolute Gasteiger partial charge is 0.230 e. The third-order valence-corrected chi connectivity index (χ3v) is 5.90. The fourth-order valence-electron chi connectivity index (χ4n) is 4.62. The van der Waals surface area contributed by atoms with E-state index in [0.717, 1.165) is 37.1 Å². The van der Waals surface area contributed by atoms with Gasteiger partial charge in [-0.25, -0.2) is 0 Å². The Hall–Kier alpha value is -1.68. The number of carbonyl (C=O) groups is 2. The number of ketones is 1. The normalized spacial score (nSPS) is 27.5. The molecule has 1 amide bonds. The quantitative estimate of drug-likeness (QED) is 0.857.